The summed E-state index contributed by atoms with van der Waals surface area (Å²) in [6.45, 7) is 5.11. The van der Waals surface area contributed by atoms with Crippen molar-refractivity contribution in [2.24, 2.45) is 5.92 Å². The second-order valence-electron chi connectivity index (χ2n) is 4.75. The zero-order chi connectivity index (χ0) is 14.1. The van der Waals surface area contributed by atoms with E-state index in [0.29, 0.717) is 13.0 Å². The fraction of sp³-hybridized carbons (Fsp3) is 0.857. The van der Waals surface area contributed by atoms with Gasteiger partial charge in [-0.15, -0.1) is 0 Å². The third kappa shape index (κ3) is 5.59. The molecule has 0 aliphatic carbocycles. The summed E-state index contributed by atoms with van der Waals surface area (Å²) in [5.41, 5.74) is 0. The summed E-state index contributed by atoms with van der Waals surface area (Å²) < 4.78 is 15.6. The van der Waals surface area contributed by atoms with Crippen molar-refractivity contribution in [3.63, 3.8) is 0 Å². The third-order valence-corrected chi connectivity index (χ3v) is 3.15. The Bertz CT molecular complexity index is 284. The summed E-state index contributed by atoms with van der Waals surface area (Å²) in [6, 6.07) is 0. The zero-order valence-electron chi connectivity index (χ0n) is 11.9. The van der Waals surface area contributed by atoms with E-state index in [-0.39, 0.29) is 12.7 Å². The zero-order valence-corrected chi connectivity index (χ0v) is 11.9. The quantitative estimate of drug-likeness (QED) is 0.384. The van der Waals surface area contributed by atoms with Crippen LogP contribution in [0.3, 0.4) is 0 Å². The molecule has 1 rings (SSSR count). The van der Waals surface area contributed by atoms with Gasteiger partial charge in [-0.25, -0.2) is 0 Å². The normalized spacial score (nSPS) is 20.0. The molecule has 1 aliphatic heterocycles. The fourth-order valence-electron chi connectivity index (χ4n) is 1.90. The molecule has 0 saturated carbocycles. The van der Waals surface area contributed by atoms with E-state index in [0.717, 1.165) is 32.3 Å². The van der Waals surface area contributed by atoms with Crippen molar-refractivity contribution in [2.45, 2.75) is 52.1 Å². The van der Waals surface area contributed by atoms with E-state index >= 15 is 0 Å². The molecule has 0 radical (unpaired) electrons. The molecular formula is C14H24O5. The van der Waals surface area contributed by atoms with Crippen LogP contribution in [0.4, 0.5) is 0 Å². The molecule has 1 aliphatic rings. The molecule has 1 heterocycles. The van der Waals surface area contributed by atoms with Gasteiger partial charge in [0.25, 0.3) is 0 Å². The largest absolute Gasteiger partial charge is 0.465 e. The van der Waals surface area contributed by atoms with E-state index in [1.165, 1.54) is 0 Å². The minimum absolute atomic E-state index is 0.0161. The third-order valence-electron chi connectivity index (χ3n) is 3.15. The van der Waals surface area contributed by atoms with Crippen molar-refractivity contribution in [1.29, 1.82) is 0 Å². The maximum Gasteiger partial charge on any atom is 0.320 e. The van der Waals surface area contributed by atoms with Crippen LogP contribution in [0.15, 0.2) is 0 Å². The molecule has 0 bridgehead atoms. The summed E-state index contributed by atoms with van der Waals surface area (Å²) in [5.74, 6) is -1.79. The van der Waals surface area contributed by atoms with Crippen molar-refractivity contribution < 1.29 is 23.8 Å². The second-order valence-corrected chi connectivity index (χ2v) is 4.75. The van der Waals surface area contributed by atoms with Gasteiger partial charge in [0.05, 0.1) is 12.7 Å². The van der Waals surface area contributed by atoms with Gasteiger partial charge >= 0.3 is 11.9 Å². The maximum atomic E-state index is 11.8. The van der Waals surface area contributed by atoms with Crippen LogP contribution in [0.1, 0.15) is 46.0 Å². The van der Waals surface area contributed by atoms with Gasteiger partial charge in [-0.2, -0.15) is 0 Å². The molecule has 19 heavy (non-hydrogen) atoms. The molecular weight excluding hydrogens is 248 g/mol. The highest BCUT2D eigenvalue weighted by Gasteiger charge is 2.29. The molecule has 0 N–H and O–H groups in total. The lowest BCUT2D eigenvalue weighted by atomic mass is 10.1. The van der Waals surface area contributed by atoms with Crippen LogP contribution in [0, 0.1) is 5.92 Å². The highest BCUT2D eigenvalue weighted by atomic mass is 16.6. The molecule has 0 aromatic carbocycles. The number of hydrogen-bond donors (Lipinski definition) is 0. The summed E-state index contributed by atoms with van der Waals surface area (Å²) >= 11 is 0. The Kier molecular flexibility index (Phi) is 7.48. The van der Waals surface area contributed by atoms with Gasteiger partial charge in [0.1, 0.15) is 6.61 Å². The van der Waals surface area contributed by atoms with E-state index in [9.17, 15) is 9.59 Å². The SMILES string of the molecule is CCCCOC(=O)C(CC)C(=O)OCC1CCCO1. The highest BCUT2D eigenvalue weighted by Crippen LogP contribution is 2.14. The first-order chi connectivity index (χ1) is 9.19. The van der Waals surface area contributed by atoms with E-state index in [4.69, 9.17) is 14.2 Å². The first-order valence-corrected chi connectivity index (χ1v) is 7.13. The number of esters is 2. The van der Waals surface area contributed by atoms with Gasteiger partial charge in [-0.1, -0.05) is 20.3 Å². The predicted molar refractivity (Wildman–Crippen MR) is 69.6 cm³/mol. The Morgan fingerprint density at radius 2 is 2.00 bits per heavy atom. The maximum absolute atomic E-state index is 11.8. The monoisotopic (exact) mass is 272 g/mol. The lowest BCUT2D eigenvalue weighted by Crippen LogP contribution is -2.30. The van der Waals surface area contributed by atoms with Gasteiger partial charge < -0.3 is 14.2 Å². The standard InChI is InChI=1S/C14H24O5/c1-3-5-8-18-13(15)12(4-2)14(16)19-10-11-7-6-9-17-11/h11-12H,3-10H2,1-2H3. The topological polar surface area (TPSA) is 61.8 Å². The second kappa shape index (κ2) is 8.91. The van der Waals surface area contributed by atoms with Crippen LogP contribution in [-0.2, 0) is 23.8 Å². The van der Waals surface area contributed by atoms with Crippen molar-refractivity contribution in [2.75, 3.05) is 19.8 Å². The Hall–Kier alpha value is -1.10. The number of carbonyl (C=O) groups is 2. The van der Waals surface area contributed by atoms with Crippen molar-refractivity contribution >= 4 is 11.9 Å². The highest BCUT2D eigenvalue weighted by molar-refractivity contribution is 5.94. The Labute approximate surface area is 114 Å². The smallest absolute Gasteiger partial charge is 0.320 e. The Morgan fingerprint density at radius 1 is 1.26 bits per heavy atom. The van der Waals surface area contributed by atoms with E-state index in [2.05, 4.69) is 0 Å². The van der Waals surface area contributed by atoms with Crippen molar-refractivity contribution in [3.8, 4) is 0 Å². The lowest BCUT2D eigenvalue weighted by Gasteiger charge is -2.15. The molecule has 5 nitrogen and oxygen atoms in total. The van der Waals surface area contributed by atoms with Crippen LogP contribution in [0.5, 0.6) is 0 Å². The number of rotatable bonds is 8. The molecule has 1 saturated heterocycles. The van der Waals surface area contributed by atoms with Gasteiger partial charge in [-0.05, 0) is 25.7 Å². The van der Waals surface area contributed by atoms with E-state index in [1.54, 1.807) is 6.92 Å². The van der Waals surface area contributed by atoms with Crippen LogP contribution < -0.4 is 0 Å². The number of carbonyl (C=O) groups excluding carboxylic acids is 2. The fourth-order valence-corrected chi connectivity index (χ4v) is 1.90. The number of hydrogen-bond acceptors (Lipinski definition) is 5. The molecule has 0 spiro atoms. The van der Waals surface area contributed by atoms with Crippen molar-refractivity contribution in [3.05, 3.63) is 0 Å². The average molecular weight is 272 g/mol. The molecule has 0 amide bonds. The number of unbranched alkanes of at least 4 members (excludes halogenated alkanes) is 1. The van der Waals surface area contributed by atoms with Gasteiger partial charge in [-0.3, -0.25) is 9.59 Å². The molecule has 0 aromatic heterocycles. The van der Waals surface area contributed by atoms with Gasteiger partial charge in [0.2, 0.25) is 0 Å². The van der Waals surface area contributed by atoms with Crippen LogP contribution in [-0.4, -0.2) is 37.9 Å². The Balaban J connectivity index is 2.30. The summed E-state index contributed by atoms with van der Waals surface area (Å²) in [5, 5.41) is 0. The summed E-state index contributed by atoms with van der Waals surface area (Å²) in [7, 11) is 0. The first kappa shape index (κ1) is 16.0. The molecule has 1 fully saturated rings. The van der Waals surface area contributed by atoms with E-state index in [1.807, 2.05) is 6.92 Å². The van der Waals surface area contributed by atoms with Crippen LogP contribution in [0.25, 0.3) is 0 Å². The summed E-state index contributed by atoms with van der Waals surface area (Å²) in [6.07, 6.45) is 4.05. The predicted octanol–water partition coefficient (Wildman–Crippen LogP) is 2.08. The average Bonchev–Trinajstić information content (AvgIpc) is 2.90. The Morgan fingerprint density at radius 3 is 2.58 bits per heavy atom. The van der Waals surface area contributed by atoms with Crippen LogP contribution in [0.2, 0.25) is 0 Å². The minimum atomic E-state index is -0.807. The molecule has 5 heteroatoms. The van der Waals surface area contributed by atoms with Gasteiger partial charge in [0.15, 0.2) is 5.92 Å². The molecule has 110 valence electrons. The molecule has 2 unspecified atom stereocenters. The van der Waals surface area contributed by atoms with Crippen LogP contribution >= 0.6 is 0 Å². The summed E-state index contributed by atoms with van der Waals surface area (Å²) in [4.78, 5) is 23.6. The minimum Gasteiger partial charge on any atom is -0.465 e. The van der Waals surface area contributed by atoms with Gasteiger partial charge in [0, 0.05) is 6.61 Å². The number of ether oxygens (including phenoxy) is 3. The van der Waals surface area contributed by atoms with Crippen molar-refractivity contribution in [1.82, 2.24) is 0 Å². The van der Waals surface area contributed by atoms with E-state index < -0.39 is 17.9 Å². The molecule has 0 aromatic rings. The lowest BCUT2D eigenvalue weighted by molar-refractivity contribution is -0.164. The molecule has 2 atom stereocenters. The first-order valence-electron chi connectivity index (χ1n) is 7.13.